The molecule has 0 radical (unpaired) electrons. The van der Waals surface area contributed by atoms with Crippen LogP contribution in [0.5, 0.6) is 0 Å². The molecule has 0 spiro atoms. The maximum Gasteiger partial charge on any atom is 0.152 e. The van der Waals surface area contributed by atoms with Crippen molar-refractivity contribution in [1.29, 1.82) is 0 Å². The van der Waals surface area contributed by atoms with Crippen molar-refractivity contribution >= 4 is 17.3 Å². The quantitative estimate of drug-likeness (QED) is 0.839. The van der Waals surface area contributed by atoms with Crippen molar-refractivity contribution in [1.82, 2.24) is 4.98 Å². The van der Waals surface area contributed by atoms with Crippen LogP contribution < -0.4 is 5.32 Å². The van der Waals surface area contributed by atoms with Gasteiger partial charge in [-0.2, -0.15) is 0 Å². The van der Waals surface area contributed by atoms with E-state index in [1.807, 2.05) is 19.1 Å². The number of nitrogens with zero attached hydrogens (tertiary/aromatic N) is 1. The van der Waals surface area contributed by atoms with E-state index in [-0.39, 0.29) is 5.82 Å². The average Bonchev–Trinajstić information content (AvgIpc) is 2.30. The maximum atomic E-state index is 12.9. The summed E-state index contributed by atoms with van der Waals surface area (Å²) in [6.45, 7) is 2.47. The van der Waals surface area contributed by atoms with Crippen LogP contribution >= 0.6 is 11.6 Å². The second kappa shape index (κ2) is 5.15. The van der Waals surface area contributed by atoms with Crippen LogP contribution in [-0.2, 0) is 6.54 Å². The van der Waals surface area contributed by atoms with Crippen LogP contribution in [0.15, 0.2) is 36.5 Å². The summed E-state index contributed by atoms with van der Waals surface area (Å²) in [6.07, 6.45) is 1.64. The van der Waals surface area contributed by atoms with Gasteiger partial charge in [-0.3, -0.25) is 0 Å². The highest BCUT2D eigenvalue weighted by molar-refractivity contribution is 6.31. The molecule has 0 unspecified atom stereocenters. The molecule has 1 heterocycles. The van der Waals surface area contributed by atoms with Crippen LogP contribution in [-0.4, -0.2) is 4.98 Å². The molecule has 1 aromatic carbocycles. The van der Waals surface area contributed by atoms with Gasteiger partial charge >= 0.3 is 0 Å². The molecular formula is C13H12ClFN2. The summed E-state index contributed by atoms with van der Waals surface area (Å²) in [7, 11) is 0. The van der Waals surface area contributed by atoms with Gasteiger partial charge in [0.1, 0.15) is 5.82 Å². The van der Waals surface area contributed by atoms with E-state index in [0.717, 1.165) is 16.8 Å². The van der Waals surface area contributed by atoms with Crippen molar-refractivity contribution in [3.05, 3.63) is 58.6 Å². The van der Waals surface area contributed by atoms with Gasteiger partial charge in [-0.1, -0.05) is 17.7 Å². The third kappa shape index (κ3) is 2.94. The van der Waals surface area contributed by atoms with E-state index in [2.05, 4.69) is 10.3 Å². The number of pyridine rings is 1. The number of halogens is 2. The number of anilines is 1. The van der Waals surface area contributed by atoms with Crippen LogP contribution in [0.25, 0.3) is 0 Å². The Labute approximate surface area is 104 Å². The lowest BCUT2D eigenvalue weighted by atomic mass is 10.1. The van der Waals surface area contributed by atoms with Crippen molar-refractivity contribution in [3.8, 4) is 0 Å². The van der Waals surface area contributed by atoms with Crippen molar-refractivity contribution in [2.24, 2.45) is 0 Å². The molecule has 88 valence electrons. The van der Waals surface area contributed by atoms with E-state index in [1.54, 1.807) is 12.3 Å². The van der Waals surface area contributed by atoms with Gasteiger partial charge in [-0.05, 0) is 42.3 Å². The molecule has 0 atom stereocenters. The zero-order chi connectivity index (χ0) is 12.3. The van der Waals surface area contributed by atoms with Crippen LogP contribution in [0.3, 0.4) is 0 Å². The fourth-order valence-electron chi connectivity index (χ4n) is 1.57. The minimum atomic E-state index is -0.217. The van der Waals surface area contributed by atoms with Gasteiger partial charge in [0.15, 0.2) is 5.15 Å². The zero-order valence-electron chi connectivity index (χ0n) is 9.37. The molecule has 2 aromatic rings. The highest BCUT2D eigenvalue weighted by Crippen LogP contribution is 2.19. The van der Waals surface area contributed by atoms with Crippen molar-refractivity contribution < 1.29 is 4.39 Å². The molecule has 0 aliphatic carbocycles. The van der Waals surface area contributed by atoms with Crippen LogP contribution in [0.4, 0.5) is 10.1 Å². The lowest BCUT2D eigenvalue weighted by molar-refractivity contribution is 0.625. The van der Waals surface area contributed by atoms with E-state index in [0.29, 0.717) is 11.7 Å². The van der Waals surface area contributed by atoms with E-state index in [9.17, 15) is 4.39 Å². The number of hydrogen-bond acceptors (Lipinski definition) is 2. The fraction of sp³-hybridized carbons (Fsp3) is 0.154. The number of nitrogens with one attached hydrogen (secondary N) is 1. The van der Waals surface area contributed by atoms with E-state index >= 15 is 0 Å². The second-order valence-corrected chi connectivity index (χ2v) is 4.12. The summed E-state index contributed by atoms with van der Waals surface area (Å²) < 4.78 is 12.9. The molecule has 2 rings (SSSR count). The Morgan fingerprint density at radius 2 is 2.18 bits per heavy atom. The molecule has 2 nitrogen and oxygen atoms in total. The number of hydrogen-bond donors (Lipinski definition) is 1. The van der Waals surface area contributed by atoms with Crippen molar-refractivity contribution in [2.75, 3.05) is 5.32 Å². The molecule has 0 fully saturated rings. The van der Waals surface area contributed by atoms with Crippen molar-refractivity contribution in [2.45, 2.75) is 13.5 Å². The SMILES string of the molecule is Cc1cc(F)ccc1CNc1cccnc1Cl. The van der Waals surface area contributed by atoms with Gasteiger partial charge in [-0.15, -0.1) is 0 Å². The zero-order valence-corrected chi connectivity index (χ0v) is 10.1. The monoisotopic (exact) mass is 250 g/mol. The summed E-state index contributed by atoms with van der Waals surface area (Å²) in [5, 5.41) is 3.61. The second-order valence-electron chi connectivity index (χ2n) is 3.77. The highest BCUT2D eigenvalue weighted by atomic mass is 35.5. The first-order valence-corrected chi connectivity index (χ1v) is 5.64. The predicted molar refractivity (Wildman–Crippen MR) is 67.7 cm³/mol. The summed E-state index contributed by atoms with van der Waals surface area (Å²) in [6, 6.07) is 8.40. The molecule has 0 saturated carbocycles. The molecule has 0 amide bonds. The molecule has 1 N–H and O–H groups in total. The smallest absolute Gasteiger partial charge is 0.152 e. The van der Waals surface area contributed by atoms with E-state index < -0.39 is 0 Å². The Hall–Kier alpha value is -1.61. The first-order valence-electron chi connectivity index (χ1n) is 5.26. The van der Waals surface area contributed by atoms with Gasteiger partial charge in [0.05, 0.1) is 5.69 Å². The Kier molecular flexibility index (Phi) is 3.59. The molecule has 4 heteroatoms. The number of aryl methyl sites for hydroxylation is 1. The third-order valence-electron chi connectivity index (χ3n) is 2.53. The number of rotatable bonds is 3. The summed E-state index contributed by atoms with van der Waals surface area (Å²) in [4.78, 5) is 3.97. The molecule has 17 heavy (non-hydrogen) atoms. The Morgan fingerprint density at radius 1 is 1.35 bits per heavy atom. The Balaban J connectivity index is 2.10. The normalized spacial score (nSPS) is 10.3. The molecule has 1 aromatic heterocycles. The first-order chi connectivity index (χ1) is 8.16. The van der Waals surface area contributed by atoms with Gasteiger partial charge in [0.25, 0.3) is 0 Å². The van der Waals surface area contributed by atoms with Gasteiger partial charge in [-0.25, -0.2) is 9.37 Å². The molecule has 0 aliphatic rings. The van der Waals surface area contributed by atoms with E-state index in [1.165, 1.54) is 12.1 Å². The van der Waals surface area contributed by atoms with Crippen LogP contribution in [0, 0.1) is 12.7 Å². The maximum absolute atomic E-state index is 12.9. The average molecular weight is 251 g/mol. The minimum absolute atomic E-state index is 0.217. The summed E-state index contributed by atoms with van der Waals surface area (Å²) in [5.41, 5.74) is 2.72. The first kappa shape index (κ1) is 11.9. The lowest BCUT2D eigenvalue weighted by Gasteiger charge is -2.09. The third-order valence-corrected chi connectivity index (χ3v) is 2.83. The lowest BCUT2D eigenvalue weighted by Crippen LogP contribution is -2.02. The molecular weight excluding hydrogens is 239 g/mol. The Bertz CT molecular complexity index is 529. The molecule has 0 bridgehead atoms. The van der Waals surface area contributed by atoms with Crippen LogP contribution in [0.1, 0.15) is 11.1 Å². The predicted octanol–water partition coefficient (Wildman–Crippen LogP) is 3.79. The van der Waals surface area contributed by atoms with Gasteiger partial charge in [0, 0.05) is 12.7 Å². The van der Waals surface area contributed by atoms with Gasteiger partial charge < -0.3 is 5.32 Å². The molecule has 0 saturated heterocycles. The largest absolute Gasteiger partial charge is 0.378 e. The highest BCUT2D eigenvalue weighted by Gasteiger charge is 2.02. The van der Waals surface area contributed by atoms with E-state index in [4.69, 9.17) is 11.6 Å². The standard InChI is InChI=1S/C13H12ClFN2/c1-9-7-11(15)5-4-10(9)8-17-12-3-2-6-16-13(12)14/h2-7,17H,8H2,1H3. The van der Waals surface area contributed by atoms with Crippen LogP contribution in [0.2, 0.25) is 5.15 Å². The summed E-state index contributed by atoms with van der Waals surface area (Å²) >= 11 is 5.92. The topological polar surface area (TPSA) is 24.9 Å². The fourth-order valence-corrected chi connectivity index (χ4v) is 1.75. The Morgan fingerprint density at radius 3 is 2.88 bits per heavy atom. The minimum Gasteiger partial charge on any atom is -0.378 e. The number of aromatic nitrogens is 1. The van der Waals surface area contributed by atoms with Gasteiger partial charge in [0.2, 0.25) is 0 Å². The summed E-state index contributed by atoms with van der Waals surface area (Å²) in [5.74, 6) is -0.217. The van der Waals surface area contributed by atoms with Crippen molar-refractivity contribution in [3.63, 3.8) is 0 Å². The number of benzene rings is 1. The molecule has 0 aliphatic heterocycles.